The quantitative estimate of drug-likeness (QED) is 0.677. The number of aliphatic carboxylic acids is 1. The van der Waals surface area contributed by atoms with Gasteiger partial charge in [-0.05, 0) is 24.1 Å². The molecule has 0 radical (unpaired) electrons. The van der Waals surface area contributed by atoms with Crippen molar-refractivity contribution in [2.75, 3.05) is 19.4 Å². The van der Waals surface area contributed by atoms with Gasteiger partial charge < -0.3 is 9.84 Å². The summed E-state index contributed by atoms with van der Waals surface area (Å²) in [5, 5.41) is 8.71. The second-order valence-electron chi connectivity index (χ2n) is 3.84. The predicted molar refractivity (Wildman–Crippen MR) is 68.2 cm³/mol. The normalized spacial score (nSPS) is 13.1. The Morgan fingerprint density at radius 2 is 2.11 bits per heavy atom. The number of pyridine rings is 1. The second-order valence-corrected chi connectivity index (χ2v) is 5.76. The van der Waals surface area contributed by atoms with Crippen molar-refractivity contribution in [2.45, 2.75) is 12.5 Å². The number of methoxy groups -OCH3 is 1. The van der Waals surface area contributed by atoms with Crippen molar-refractivity contribution in [3.8, 4) is 0 Å². The van der Waals surface area contributed by atoms with Crippen LogP contribution >= 0.6 is 0 Å². The Hall–Kier alpha value is -1.51. The van der Waals surface area contributed by atoms with E-state index in [0.717, 1.165) is 5.56 Å². The first kappa shape index (κ1) is 15.5. The molecule has 0 aliphatic carbocycles. The fourth-order valence-corrected chi connectivity index (χ4v) is 2.40. The molecule has 1 unspecified atom stereocenters. The molecular weight excluding hydrogens is 272 g/mol. The summed E-state index contributed by atoms with van der Waals surface area (Å²) in [5.41, 5.74) is 0.849. The highest BCUT2D eigenvalue weighted by molar-refractivity contribution is 7.89. The van der Waals surface area contributed by atoms with Gasteiger partial charge >= 0.3 is 5.97 Å². The molecule has 7 nitrogen and oxygen atoms in total. The maximum absolute atomic E-state index is 11.7. The zero-order valence-corrected chi connectivity index (χ0v) is 11.3. The molecule has 106 valence electrons. The molecule has 1 heterocycles. The lowest BCUT2D eigenvalue weighted by Gasteiger charge is -2.11. The molecule has 8 heteroatoms. The van der Waals surface area contributed by atoms with Crippen LogP contribution in [0.5, 0.6) is 0 Å². The first-order valence-electron chi connectivity index (χ1n) is 5.56. The molecule has 0 aliphatic heterocycles. The predicted octanol–water partition coefficient (Wildman–Crippen LogP) is -0.357. The van der Waals surface area contributed by atoms with Gasteiger partial charge in [-0.1, -0.05) is 0 Å². The topological polar surface area (TPSA) is 106 Å². The molecule has 0 aliphatic rings. The summed E-state index contributed by atoms with van der Waals surface area (Å²) < 4.78 is 30.2. The van der Waals surface area contributed by atoms with Crippen molar-refractivity contribution in [1.29, 1.82) is 0 Å². The fourth-order valence-electron chi connectivity index (χ4n) is 1.35. The zero-order valence-electron chi connectivity index (χ0n) is 10.4. The van der Waals surface area contributed by atoms with Gasteiger partial charge in [0.2, 0.25) is 10.0 Å². The third-order valence-corrected chi connectivity index (χ3v) is 3.81. The molecular formula is C11H16N2O5S. The van der Waals surface area contributed by atoms with Gasteiger partial charge in [-0.15, -0.1) is 0 Å². The summed E-state index contributed by atoms with van der Waals surface area (Å²) >= 11 is 0. The van der Waals surface area contributed by atoms with Crippen molar-refractivity contribution >= 4 is 16.0 Å². The number of hydrogen-bond donors (Lipinski definition) is 2. The SMILES string of the molecule is COC(CNS(=O)(=O)CCc1ccncc1)C(=O)O. The molecule has 1 aromatic heterocycles. The van der Waals surface area contributed by atoms with E-state index >= 15 is 0 Å². The summed E-state index contributed by atoms with van der Waals surface area (Å²) in [6.07, 6.45) is 2.32. The summed E-state index contributed by atoms with van der Waals surface area (Å²) in [6, 6.07) is 3.45. The zero-order chi connectivity index (χ0) is 14.3. The van der Waals surface area contributed by atoms with Gasteiger partial charge in [-0.2, -0.15) is 0 Å². The van der Waals surface area contributed by atoms with Crippen LogP contribution in [-0.2, 0) is 26.0 Å². The molecule has 0 aromatic carbocycles. The van der Waals surface area contributed by atoms with E-state index in [1.165, 1.54) is 7.11 Å². The van der Waals surface area contributed by atoms with Gasteiger partial charge in [-0.25, -0.2) is 17.9 Å². The summed E-state index contributed by atoms with van der Waals surface area (Å²) in [7, 11) is -2.32. The van der Waals surface area contributed by atoms with Crippen LogP contribution < -0.4 is 4.72 Å². The summed E-state index contributed by atoms with van der Waals surface area (Å²) in [6.45, 7) is -0.287. The average molecular weight is 288 g/mol. The van der Waals surface area contributed by atoms with E-state index in [1.54, 1.807) is 24.5 Å². The van der Waals surface area contributed by atoms with Crippen LogP contribution in [0.3, 0.4) is 0 Å². The number of hydrogen-bond acceptors (Lipinski definition) is 5. The van der Waals surface area contributed by atoms with E-state index in [0.29, 0.717) is 6.42 Å². The molecule has 1 rings (SSSR count). The molecule has 1 aromatic rings. The van der Waals surface area contributed by atoms with Gasteiger partial charge in [0.25, 0.3) is 0 Å². The van der Waals surface area contributed by atoms with Crippen molar-refractivity contribution in [2.24, 2.45) is 0 Å². The molecule has 0 amide bonds. The highest BCUT2D eigenvalue weighted by Crippen LogP contribution is 2.00. The van der Waals surface area contributed by atoms with E-state index in [9.17, 15) is 13.2 Å². The third kappa shape index (κ3) is 5.77. The van der Waals surface area contributed by atoms with E-state index in [-0.39, 0.29) is 12.3 Å². The second kappa shape index (κ2) is 7.17. The minimum absolute atomic E-state index is 0.118. The standard InChI is InChI=1S/C11H16N2O5S/c1-18-10(11(14)15)8-13-19(16,17)7-4-9-2-5-12-6-3-9/h2-3,5-6,10,13H,4,7-8H2,1H3,(H,14,15). The highest BCUT2D eigenvalue weighted by Gasteiger charge is 2.19. The summed E-state index contributed by atoms with van der Waals surface area (Å²) in [5.74, 6) is -1.33. The number of aromatic nitrogens is 1. The smallest absolute Gasteiger partial charge is 0.334 e. The van der Waals surface area contributed by atoms with Crippen LogP contribution in [-0.4, -0.2) is 50.0 Å². The van der Waals surface area contributed by atoms with Crippen LogP contribution in [0.15, 0.2) is 24.5 Å². The molecule has 19 heavy (non-hydrogen) atoms. The number of sulfonamides is 1. The van der Waals surface area contributed by atoms with Crippen LogP contribution in [0.2, 0.25) is 0 Å². The van der Waals surface area contributed by atoms with E-state index in [4.69, 9.17) is 5.11 Å². The Morgan fingerprint density at radius 3 is 2.63 bits per heavy atom. The van der Waals surface area contributed by atoms with Gasteiger partial charge in [0.1, 0.15) is 0 Å². The van der Waals surface area contributed by atoms with Gasteiger partial charge in [0.15, 0.2) is 6.10 Å². The third-order valence-electron chi connectivity index (χ3n) is 2.46. The molecule has 1 atom stereocenters. The number of carboxylic acid groups (broad SMARTS) is 1. The number of carbonyl (C=O) groups is 1. The highest BCUT2D eigenvalue weighted by atomic mass is 32.2. The Labute approximate surface area is 111 Å². The molecule has 0 bridgehead atoms. The minimum atomic E-state index is -3.53. The van der Waals surface area contributed by atoms with Crippen molar-refractivity contribution < 1.29 is 23.1 Å². The van der Waals surface area contributed by atoms with Crippen LogP contribution in [0.1, 0.15) is 5.56 Å². The minimum Gasteiger partial charge on any atom is -0.479 e. The Bertz CT molecular complexity index is 503. The lowest BCUT2D eigenvalue weighted by atomic mass is 10.2. The largest absolute Gasteiger partial charge is 0.479 e. The molecule has 0 fully saturated rings. The fraction of sp³-hybridized carbons (Fsp3) is 0.455. The number of nitrogens with zero attached hydrogens (tertiary/aromatic N) is 1. The lowest BCUT2D eigenvalue weighted by molar-refractivity contribution is -0.147. The van der Waals surface area contributed by atoms with E-state index in [1.807, 2.05) is 0 Å². The average Bonchev–Trinajstić information content (AvgIpc) is 2.38. The maximum Gasteiger partial charge on any atom is 0.334 e. The molecule has 0 spiro atoms. The number of rotatable bonds is 8. The van der Waals surface area contributed by atoms with Crippen LogP contribution in [0.25, 0.3) is 0 Å². The lowest BCUT2D eigenvalue weighted by Crippen LogP contribution is -2.39. The van der Waals surface area contributed by atoms with Crippen LogP contribution in [0.4, 0.5) is 0 Å². The maximum atomic E-state index is 11.7. The first-order valence-corrected chi connectivity index (χ1v) is 7.21. The van der Waals surface area contributed by atoms with Crippen molar-refractivity contribution in [3.05, 3.63) is 30.1 Å². The number of ether oxygens (including phenoxy) is 1. The summed E-state index contributed by atoms with van der Waals surface area (Å²) in [4.78, 5) is 14.5. The number of nitrogens with one attached hydrogen (secondary N) is 1. The Kier molecular flexibility index (Phi) is 5.87. The Morgan fingerprint density at radius 1 is 1.47 bits per heavy atom. The number of aryl methyl sites for hydroxylation is 1. The van der Waals surface area contributed by atoms with Crippen LogP contribution in [0, 0.1) is 0 Å². The van der Waals surface area contributed by atoms with Crippen molar-refractivity contribution in [3.63, 3.8) is 0 Å². The van der Waals surface area contributed by atoms with Gasteiger partial charge in [-0.3, -0.25) is 4.98 Å². The number of carboxylic acids is 1. The Balaban J connectivity index is 2.46. The monoisotopic (exact) mass is 288 g/mol. The van der Waals surface area contributed by atoms with Gasteiger partial charge in [0, 0.05) is 26.0 Å². The van der Waals surface area contributed by atoms with Crippen molar-refractivity contribution in [1.82, 2.24) is 9.71 Å². The molecule has 0 saturated carbocycles. The van der Waals surface area contributed by atoms with Gasteiger partial charge in [0.05, 0.1) is 5.75 Å². The van der Waals surface area contributed by atoms with E-state index in [2.05, 4.69) is 14.4 Å². The first-order chi connectivity index (χ1) is 8.94. The molecule has 2 N–H and O–H groups in total. The molecule has 0 saturated heterocycles. The van der Waals surface area contributed by atoms with E-state index < -0.39 is 22.1 Å².